The zero-order chi connectivity index (χ0) is 17.2. The number of carbonyl (C=O) groups is 1. The topological polar surface area (TPSA) is 33.2 Å². The number of piperidine rings is 1. The Morgan fingerprint density at radius 3 is 2.68 bits per heavy atom. The molecular formula is C21H19FN2O. The molecule has 4 heteroatoms. The summed E-state index contributed by atoms with van der Waals surface area (Å²) in [6.07, 6.45) is 3.79. The standard InChI is InChI=1S/C21H19FN2O/c22-19-10-4-3-9-18(19)21(25)24-11-5-8-17(14-24)20-12-15-6-1-2-7-16(15)13-23-20/h1-4,6-7,9-10,12-13,17H,5,8,11,14H2/t17-/m0/s1. The summed E-state index contributed by atoms with van der Waals surface area (Å²) < 4.78 is 13.9. The molecule has 1 aliphatic heterocycles. The molecule has 1 aliphatic rings. The van der Waals surface area contributed by atoms with E-state index >= 15 is 0 Å². The van der Waals surface area contributed by atoms with E-state index in [1.807, 2.05) is 24.4 Å². The van der Waals surface area contributed by atoms with Crippen molar-refractivity contribution in [3.05, 3.63) is 77.9 Å². The number of likely N-dealkylation sites (tertiary alicyclic amines) is 1. The Morgan fingerprint density at radius 1 is 1.08 bits per heavy atom. The van der Waals surface area contributed by atoms with Crippen molar-refractivity contribution in [3.8, 4) is 0 Å². The number of carbonyl (C=O) groups excluding carboxylic acids is 1. The molecule has 1 fully saturated rings. The molecule has 0 N–H and O–H groups in total. The van der Waals surface area contributed by atoms with Gasteiger partial charge >= 0.3 is 0 Å². The van der Waals surface area contributed by atoms with Crippen molar-refractivity contribution in [1.29, 1.82) is 0 Å². The van der Waals surface area contributed by atoms with Crippen LogP contribution in [0.2, 0.25) is 0 Å². The van der Waals surface area contributed by atoms with Crippen LogP contribution in [-0.2, 0) is 0 Å². The molecule has 3 nitrogen and oxygen atoms in total. The molecule has 0 unspecified atom stereocenters. The van der Waals surface area contributed by atoms with Gasteiger partial charge in [0.25, 0.3) is 5.91 Å². The van der Waals surface area contributed by atoms with Crippen LogP contribution in [0.4, 0.5) is 4.39 Å². The highest BCUT2D eigenvalue weighted by Crippen LogP contribution is 2.28. The average molecular weight is 334 g/mol. The minimum absolute atomic E-state index is 0.148. The van der Waals surface area contributed by atoms with E-state index in [9.17, 15) is 9.18 Å². The molecule has 0 saturated carbocycles. The molecule has 25 heavy (non-hydrogen) atoms. The first kappa shape index (κ1) is 15.8. The molecule has 1 amide bonds. The number of hydrogen-bond acceptors (Lipinski definition) is 2. The Kier molecular flexibility index (Phi) is 4.18. The predicted molar refractivity (Wildman–Crippen MR) is 96.0 cm³/mol. The molecular weight excluding hydrogens is 315 g/mol. The van der Waals surface area contributed by atoms with Gasteiger partial charge in [0.05, 0.1) is 5.56 Å². The fourth-order valence-electron chi connectivity index (χ4n) is 3.53. The summed E-state index contributed by atoms with van der Waals surface area (Å²) in [7, 11) is 0. The van der Waals surface area contributed by atoms with Crippen LogP contribution in [0.5, 0.6) is 0 Å². The number of amides is 1. The van der Waals surface area contributed by atoms with Gasteiger partial charge in [-0.1, -0.05) is 36.4 Å². The van der Waals surface area contributed by atoms with Crippen molar-refractivity contribution in [2.24, 2.45) is 0 Å². The number of halogens is 1. The van der Waals surface area contributed by atoms with E-state index in [-0.39, 0.29) is 17.4 Å². The van der Waals surface area contributed by atoms with E-state index in [0.717, 1.165) is 29.3 Å². The summed E-state index contributed by atoms with van der Waals surface area (Å²) in [5.41, 5.74) is 1.15. The lowest BCUT2D eigenvalue weighted by Crippen LogP contribution is -2.39. The Balaban J connectivity index is 1.58. The van der Waals surface area contributed by atoms with Crippen LogP contribution in [0.1, 0.15) is 34.8 Å². The first-order chi connectivity index (χ1) is 12.2. The first-order valence-electron chi connectivity index (χ1n) is 8.61. The second-order valence-corrected chi connectivity index (χ2v) is 6.53. The highest BCUT2D eigenvalue weighted by Gasteiger charge is 2.27. The van der Waals surface area contributed by atoms with Crippen LogP contribution in [0.15, 0.2) is 60.8 Å². The van der Waals surface area contributed by atoms with Gasteiger partial charge in [-0.2, -0.15) is 0 Å². The van der Waals surface area contributed by atoms with Crippen LogP contribution < -0.4 is 0 Å². The molecule has 1 aromatic heterocycles. The van der Waals surface area contributed by atoms with Gasteiger partial charge in [0, 0.05) is 36.3 Å². The smallest absolute Gasteiger partial charge is 0.256 e. The SMILES string of the molecule is O=C(c1ccccc1F)N1CCC[C@H](c2cc3ccccc3cn2)C1. The molecule has 2 aromatic carbocycles. The Hall–Kier alpha value is -2.75. The Bertz CT molecular complexity index is 924. The molecule has 3 aromatic rings. The second-order valence-electron chi connectivity index (χ2n) is 6.53. The zero-order valence-electron chi connectivity index (χ0n) is 13.9. The lowest BCUT2D eigenvalue weighted by molar-refractivity contribution is 0.0701. The van der Waals surface area contributed by atoms with Crippen LogP contribution in [0.25, 0.3) is 10.8 Å². The predicted octanol–water partition coefficient (Wildman–Crippen LogP) is 4.39. The van der Waals surface area contributed by atoms with Crippen molar-refractivity contribution >= 4 is 16.7 Å². The third kappa shape index (κ3) is 3.12. The lowest BCUT2D eigenvalue weighted by atomic mass is 9.93. The number of fused-ring (bicyclic) bond motifs is 1. The zero-order valence-corrected chi connectivity index (χ0v) is 13.9. The summed E-state index contributed by atoms with van der Waals surface area (Å²) >= 11 is 0. The van der Waals surface area contributed by atoms with E-state index in [4.69, 9.17) is 0 Å². The summed E-state index contributed by atoms with van der Waals surface area (Å²) in [4.78, 5) is 19.0. The van der Waals surface area contributed by atoms with E-state index in [2.05, 4.69) is 17.1 Å². The number of pyridine rings is 1. The number of hydrogen-bond donors (Lipinski definition) is 0. The summed E-state index contributed by atoms with van der Waals surface area (Å²) in [6, 6.07) is 16.4. The summed E-state index contributed by atoms with van der Waals surface area (Å²) in [5, 5.41) is 2.27. The number of nitrogens with zero attached hydrogens (tertiary/aromatic N) is 2. The fourth-order valence-corrected chi connectivity index (χ4v) is 3.53. The van der Waals surface area contributed by atoms with E-state index < -0.39 is 5.82 Å². The van der Waals surface area contributed by atoms with Crippen LogP contribution in [0.3, 0.4) is 0 Å². The number of rotatable bonds is 2. The quantitative estimate of drug-likeness (QED) is 0.696. The van der Waals surface area contributed by atoms with Crippen LogP contribution >= 0.6 is 0 Å². The van der Waals surface area contributed by atoms with Gasteiger partial charge in [-0.3, -0.25) is 9.78 Å². The minimum Gasteiger partial charge on any atom is -0.338 e. The van der Waals surface area contributed by atoms with Crippen molar-refractivity contribution in [2.45, 2.75) is 18.8 Å². The van der Waals surface area contributed by atoms with Gasteiger partial charge in [-0.05, 0) is 36.4 Å². The highest BCUT2D eigenvalue weighted by atomic mass is 19.1. The molecule has 1 atom stereocenters. The second kappa shape index (κ2) is 6.63. The van der Waals surface area contributed by atoms with E-state index in [1.165, 1.54) is 6.07 Å². The third-order valence-corrected chi connectivity index (χ3v) is 4.88. The Labute approximate surface area is 146 Å². The number of benzene rings is 2. The maximum absolute atomic E-state index is 13.9. The summed E-state index contributed by atoms with van der Waals surface area (Å²) in [6.45, 7) is 1.25. The van der Waals surface area contributed by atoms with Gasteiger partial charge in [0.15, 0.2) is 0 Å². The lowest BCUT2D eigenvalue weighted by Gasteiger charge is -2.32. The molecule has 1 saturated heterocycles. The van der Waals surface area contributed by atoms with Crippen LogP contribution in [-0.4, -0.2) is 28.9 Å². The van der Waals surface area contributed by atoms with Gasteiger partial charge in [0.2, 0.25) is 0 Å². The summed E-state index contributed by atoms with van der Waals surface area (Å²) in [5.74, 6) is -0.504. The largest absolute Gasteiger partial charge is 0.338 e. The Morgan fingerprint density at radius 2 is 1.84 bits per heavy atom. The molecule has 0 radical (unpaired) electrons. The molecule has 2 heterocycles. The van der Waals surface area contributed by atoms with Crippen molar-refractivity contribution in [2.75, 3.05) is 13.1 Å². The van der Waals surface area contributed by atoms with Crippen molar-refractivity contribution < 1.29 is 9.18 Å². The monoisotopic (exact) mass is 334 g/mol. The minimum atomic E-state index is -0.460. The van der Waals surface area contributed by atoms with Crippen LogP contribution in [0, 0.1) is 5.82 Å². The molecule has 0 aliphatic carbocycles. The molecule has 0 bridgehead atoms. The van der Waals surface area contributed by atoms with Crippen molar-refractivity contribution in [1.82, 2.24) is 9.88 Å². The normalized spacial score (nSPS) is 17.6. The number of aromatic nitrogens is 1. The molecule has 0 spiro atoms. The van der Waals surface area contributed by atoms with Gasteiger partial charge < -0.3 is 4.90 Å². The van der Waals surface area contributed by atoms with E-state index in [1.54, 1.807) is 23.1 Å². The maximum atomic E-state index is 13.9. The van der Waals surface area contributed by atoms with E-state index in [0.29, 0.717) is 13.1 Å². The molecule has 4 rings (SSSR count). The maximum Gasteiger partial charge on any atom is 0.256 e. The van der Waals surface area contributed by atoms with Gasteiger partial charge in [-0.25, -0.2) is 4.39 Å². The fraction of sp³-hybridized carbons (Fsp3) is 0.238. The van der Waals surface area contributed by atoms with Crippen molar-refractivity contribution in [3.63, 3.8) is 0 Å². The first-order valence-corrected chi connectivity index (χ1v) is 8.61. The molecule has 126 valence electrons. The third-order valence-electron chi connectivity index (χ3n) is 4.88. The highest BCUT2D eigenvalue weighted by molar-refractivity contribution is 5.94. The van der Waals surface area contributed by atoms with Gasteiger partial charge in [-0.15, -0.1) is 0 Å². The average Bonchev–Trinajstić information content (AvgIpc) is 2.67. The van der Waals surface area contributed by atoms with Gasteiger partial charge in [0.1, 0.15) is 5.82 Å².